The van der Waals surface area contributed by atoms with Crippen molar-refractivity contribution in [3.63, 3.8) is 0 Å². The number of likely N-dealkylation sites (tertiary alicyclic amines) is 1. The third-order valence-electron chi connectivity index (χ3n) is 4.52. The molecule has 0 radical (unpaired) electrons. The molecule has 2 rings (SSSR count). The van der Waals surface area contributed by atoms with Gasteiger partial charge in [0, 0.05) is 25.2 Å². The highest BCUT2D eigenvalue weighted by molar-refractivity contribution is 7.80. The predicted molar refractivity (Wildman–Crippen MR) is 98.2 cm³/mol. The van der Waals surface area contributed by atoms with Gasteiger partial charge in [0.05, 0.1) is 0 Å². The normalized spacial score (nSPS) is 20.4. The summed E-state index contributed by atoms with van der Waals surface area (Å²) in [5, 5.41) is 7.44. The highest BCUT2D eigenvalue weighted by atomic mass is 32.1. The van der Waals surface area contributed by atoms with Crippen LogP contribution in [0, 0.1) is 0 Å². The molecule has 1 heterocycles. The molecule has 1 aliphatic rings. The molecule has 2 N–H and O–H groups in total. The minimum Gasteiger partial charge on any atom is -0.362 e. The van der Waals surface area contributed by atoms with E-state index in [0.717, 1.165) is 24.6 Å². The van der Waals surface area contributed by atoms with Gasteiger partial charge in [0.1, 0.15) is 0 Å². The number of hydrogen-bond acceptors (Lipinski definition) is 2. The fraction of sp³-hybridized carbons (Fsp3) is 0.611. The van der Waals surface area contributed by atoms with Crippen molar-refractivity contribution < 1.29 is 0 Å². The lowest BCUT2D eigenvalue weighted by Crippen LogP contribution is -2.49. The van der Waals surface area contributed by atoms with E-state index in [2.05, 4.69) is 53.6 Å². The van der Waals surface area contributed by atoms with Crippen LogP contribution >= 0.6 is 12.2 Å². The first-order valence-electron chi connectivity index (χ1n) is 8.48. The number of benzene rings is 1. The van der Waals surface area contributed by atoms with Gasteiger partial charge < -0.3 is 10.6 Å². The third-order valence-corrected chi connectivity index (χ3v) is 4.81. The number of hydrogen-bond donors (Lipinski definition) is 2. The first-order valence-corrected chi connectivity index (χ1v) is 8.89. The van der Waals surface area contributed by atoms with Gasteiger partial charge in [-0.2, -0.15) is 0 Å². The van der Waals surface area contributed by atoms with Crippen LogP contribution in [0.4, 0.5) is 0 Å². The molecule has 122 valence electrons. The van der Waals surface area contributed by atoms with Crippen molar-refractivity contribution in [3.8, 4) is 0 Å². The first kappa shape index (κ1) is 17.2. The van der Waals surface area contributed by atoms with Gasteiger partial charge in [-0.15, -0.1) is 0 Å². The summed E-state index contributed by atoms with van der Waals surface area (Å²) in [6.45, 7) is 7.65. The molecule has 1 aromatic rings. The Morgan fingerprint density at radius 2 is 2.05 bits per heavy atom. The van der Waals surface area contributed by atoms with Crippen LogP contribution in [0.1, 0.15) is 38.7 Å². The average Bonchev–Trinajstić information content (AvgIpc) is 2.54. The Kier molecular flexibility index (Phi) is 7.13. The molecule has 0 spiro atoms. The molecule has 4 heteroatoms. The Morgan fingerprint density at radius 3 is 2.77 bits per heavy atom. The van der Waals surface area contributed by atoms with Crippen LogP contribution in [0.2, 0.25) is 0 Å². The second-order valence-electron chi connectivity index (χ2n) is 6.30. The standard InChI is InChI=1S/C18H29N3S/c1-15-8-6-7-13-21(15)16(2)14-20-18(22)19-12-11-17-9-4-3-5-10-17/h3-5,9-10,15-16H,6-8,11-14H2,1-2H3,(H2,19,20,22). The summed E-state index contributed by atoms with van der Waals surface area (Å²) in [6, 6.07) is 11.7. The average molecular weight is 320 g/mol. The van der Waals surface area contributed by atoms with E-state index in [0.29, 0.717) is 12.1 Å². The minimum atomic E-state index is 0.532. The van der Waals surface area contributed by atoms with E-state index >= 15 is 0 Å². The second-order valence-corrected chi connectivity index (χ2v) is 6.71. The molecule has 0 aliphatic carbocycles. The lowest BCUT2D eigenvalue weighted by atomic mass is 10.0. The molecule has 0 saturated carbocycles. The van der Waals surface area contributed by atoms with Gasteiger partial charge in [0.2, 0.25) is 0 Å². The number of thiocarbonyl (C=S) groups is 1. The maximum Gasteiger partial charge on any atom is 0.166 e. The van der Waals surface area contributed by atoms with Crippen molar-refractivity contribution >= 4 is 17.3 Å². The van der Waals surface area contributed by atoms with E-state index in [1.54, 1.807) is 0 Å². The highest BCUT2D eigenvalue weighted by Gasteiger charge is 2.22. The van der Waals surface area contributed by atoms with Crippen LogP contribution in [0.5, 0.6) is 0 Å². The van der Waals surface area contributed by atoms with Gasteiger partial charge in [-0.25, -0.2) is 0 Å². The van der Waals surface area contributed by atoms with E-state index in [4.69, 9.17) is 12.2 Å². The van der Waals surface area contributed by atoms with E-state index in [-0.39, 0.29) is 0 Å². The molecule has 0 aromatic heterocycles. The van der Waals surface area contributed by atoms with Crippen molar-refractivity contribution in [2.24, 2.45) is 0 Å². The fourth-order valence-electron chi connectivity index (χ4n) is 3.16. The maximum absolute atomic E-state index is 5.38. The predicted octanol–water partition coefficient (Wildman–Crippen LogP) is 2.96. The molecule has 1 saturated heterocycles. The van der Waals surface area contributed by atoms with Crippen molar-refractivity contribution in [1.82, 2.24) is 15.5 Å². The minimum absolute atomic E-state index is 0.532. The molecular formula is C18H29N3S. The summed E-state index contributed by atoms with van der Waals surface area (Å²) in [7, 11) is 0. The fourth-order valence-corrected chi connectivity index (χ4v) is 3.35. The first-order chi connectivity index (χ1) is 10.7. The molecule has 1 aromatic carbocycles. The van der Waals surface area contributed by atoms with Gasteiger partial charge in [-0.3, -0.25) is 4.90 Å². The zero-order valence-electron chi connectivity index (χ0n) is 13.8. The number of piperidine rings is 1. The van der Waals surface area contributed by atoms with E-state index in [9.17, 15) is 0 Å². The van der Waals surface area contributed by atoms with Crippen LogP contribution in [-0.4, -0.2) is 41.7 Å². The van der Waals surface area contributed by atoms with Gasteiger partial charge in [-0.1, -0.05) is 36.8 Å². The van der Waals surface area contributed by atoms with Gasteiger partial charge >= 0.3 is 0 Å². The molecule has 22 heavy (non-hydrogen) atoms. The van der Waals surface area contributed by atoms with Crippen LogP contribution in [0.15, 0.2) is 30.3 Å². The second kappa shape index (κ2) is 9.11. The van der Waals surface area contributed by atoms with Crippen molar-refractivity contribution in [2.45, 2.75) is 51.6 Å². The topological polar surface area (TPSA) is 27.3 Å². The lowest BCUT2D eigenvalue weighted by molar-refractivity contribution is 0.116. The SMILES string of the molecule is CC1CCCCN1C(C)CNC(=S)NCCc1ccccc1. The molecule has 1 aliphatic heterocycles. The quantitative estimate of drug-likeness (QED) is 0.788. The van der Waals surface area contributed by atoms with E-state index in [1.807, 2.05) is 6.07 Å². The van der Waals surface area contributed by atoms with Gasteiger partial charge in [-0.05, 0) is 57.4 Å². The Morgan fingerprint density at radius 1 is 1.27 bits per heavy atom. The van der Waals surface area contributed by atoms with Crippen molar-refractivity contribution in [2.75, 3.05) is 19.6 Å². The Labute approximate surface area is 140 Å². The van der Waals surface area contributed by atoms with Crippen LogP contribution in [0.3, 0.4) is 0 Å². The number of nitrogens with zero attached hydrogens (tertiary/aromatic N) is 1. The third kappa shape index (κ3) is 5.58. The van der Waals surface area contributed by atoms with Crippen LogP contribution in [0.25, 0.3) is 0 Å². The largest absolute Gasteiger partial charge is 0.362 e. The monoisotopic (exact) mass is 319 g/mol. The summed E-state index contributed by atoms with van der Waals surface area (Å²) in [6.07, 6.45) is 5.03. The smallest absolute Gasteiger partial charge is 0.166 e. The Hall–Kier alpha value is -1.13. The maximum atomic E-state index is 5.38. The lowest BCUT2D eigenvalue weighted by Gasteiger charge is -2.38. The molecule has 0 amide bonds. The molecule has 0 bridgehead atoms. The summed E-state index contributed by atoms with van der Waals surface area (Å²) in [4.78, 5) is 2.60. The Bertz CT molecular complexity index is 449. The van der Waals surface area contributed by atoms with Crippen molar-refractivity contribution in [1.29, 1.82) is 0 Å². The molecule has 3 nitrogen and oxygen atoms in total. The van der Waals surface area contributed by atoms with Crippen LogP contribution in [-0.2, 0) is 6.42 Å². The highest BCUT2D eigenvalue weighted by Crippen LogP contribution is 2.18. The molecular weight excluding hydrogens is 290 g/mol. The molecule has 2 atom stereocenters. The van der Waals surface area contributed by atoms with Crippen molar-refractivity contribution in [3.05, 3.63) is 35.9 Å². The summed E-state index contributed by atoms with van der Waals surface area (Å²) < 4.78 is 0. The zero-order chi connectivity index (χ0) is 15.8. The summed E-state index contributed by atoms with van der Waals surface area (Å²) in [5.41, 5.74) is 1.34. The molecule has 2 unspecified atom stereocenters. The number of rotatable bonds is 6. The summed E-state index contributed by atoms with van der Waals surface area (Å²) in [5.74, 6) is 0. The van der Waals surface area contributed by atoms with Gasteiger partial charge in [0.15, 0.2) is 5.11 Å². The van der Waals surface area contributed by atoms with Crippen LogP contribution < -0.4 is 10.6 Å². The van der Waals surface area contributed by atoms with Gasteiger partial charge in [0.25, 0.3) is 0 Å². The summed E-state index contributed by atoms with van der Waals surface area (Å²) >= 11 is 5.38. The molecule has 1 fully saturated rings. The zero-order valence-corrected chi connectivity index (χ0v) is 14.7. The Balaban J connectivity index is 1.62. The van der Waals surface area contributed by atoms with E-state index < -0.39 is 0 Å². The number of nitrogens with one attached hydrogen (secondary N) is 2. The van der Waals surface area contributed by atoms with E-state index in [1.165, 1.54) is 31.4 Å².